The predicted molar refractivity (Wildman–Crippen MR) is 80.1 cm³/mol. The lowest BCUT2D eigenvalue weighted by Crippen LogP contribution is -2.17. The van der Waals surface area contributed by atoms with Crippen molar-refractivity contribution in [2.45, 2.75) is 6.92 Å². The second-order valence-electron chi connectivity index (χ2n) is 4.71. The summed E-state index contributed by atoms with van der Waals surface area (Å²) in [5, 5.41) is 8.57. The van der Waals surface area contributed by atoms with Gasteiger partial charge >= 0.3 is 5.97 Å². The van der Waals surface area contributed by atoms with Crippen LogP contribution in [0.2, 0.25) is 0 Å². The minimum Gasteiger partial charge on any atom is -0.461 e. The van der Waals surface area contributed by atoms with Crippen molar-refractivity contribution in [3.05, 3.63) is 52.6 Å². The van der Waals surface area contributed by atoms with Crippen molar-refractivity contribution in [1.82, 2.24) is 19.6 Å². The maximum atomic E-state index is 12.1. The van der Waals surface area contributed by atoms with E-state index in [1.165, 1.54) is 16.9 Å². The van der Waals surface area contributed by atoms with Gasteiger partial charge in [-0.1, -0.05) is 23.4 Å². The van der Waals surface area contributed by atoms with Crippen molar-refractivity contribution in [3.8, 4) is 5.69 Å². The Kier molecular flexibility index (Phi) is 3.46. The van der Waals surface area contributed by atoms with Gasteiger partial charge in [-0.3, -0.25) is 4.79 Å². The maximum Gasteiger partial charge on any atom is 0.360 e. The van der Waals surface area contributed by atoms with Crippen molar-refractivity contribution in [2.24, 2.45) is 7.05 Å². The quantitative estimate of drug-likeness (QED) is 0.681. The molecule has 0 amide bonds. The molecular formula is C15H14N4O3. The van der Waals surface area contributed by atoms with Crippen molar-refractivity contribution < 1.29 is 9.53 Å². The first-order valence-electron chi connectivity index (χ1n) is 6.80. The highest BCUT2D eigenvalue weighted by molar-refractivity contribution is 5.89. The standard InChI is InChI=1S/C15H14N4O3/c1-3-22-15(21)11-9-19(17-16-11)13-8-14(20)18(2)12-7-5-4-6-10(12)13/h4-9H,3H2,1-2H3. The zero-order chi connectivity index (χ0) is 15.7. The van der Waals surface area contributed by atoms with E-state index in [4.69, 9.17) is 4.74 Å². The summed E-state index contributed by atoms with van der Waals surface area (Å²) in [7, 11) is 1.71. The molecule has 112 valence electrons. The van der Waals surface area contributed by atoms with Crippen LogP contribution in [0, 0.1) is 0 Å². The van der Waals surface area contributed by atoms with Gasteiger partial charge in [0.2, 0.25) is 0 Å². The molecule has 3 rings (SSSR count). The van der Waals surface area contributed by atoms with Gasteiger partial charge in [0.05, 0.1) is 24.0 Å². The lowest BCUT2D eigenvalue weighted by Gasteiger charge is -2.09. The van der Waals surface area contributed by atoms with Crippen molar-refractivity contribution in [1.29, 1.82) is 0 Å². The molecule has 0 aliphatic rings. The number of aryl methyl sites for hydroxylation is 1. The number of esters is 1. The Balaban J connectivity index is 2.17. The van der Waals surface area contributed by atoms with E-state index in [2.05, 4.69) is 10.3 Å². The fourth-order valence-corrected chi connectivity index (χ4v) is 2.26. The minimum atomic E-state index is -0.540. The molecule has 0 bridgehead atoms. The summed E-state index contributed by atoms with van der Waals surface area (Å²) in [6.07, 6.45) is 1.46. The Labute approximate surface area is 125 Å². The second-order valence-corrected chi connectivity index (χ2v) is 4.71. The summed E-state index contributed by atoms with van der Waals surface area (Å²) in [6.45, 7) is 1.98. The molecule has 2 aromatic heterocycles. The fourth-order valence-electron chi connectivity index (χ4n) is 2.26. The van der Waals surface area contributed by atoms with Gasteiger partial charge in [0.15, 0.2) is 5.69 Å². The van der Waals surface area contributed by atoms with Gasteiger partial charge in [-0.05, 0) is 13.0 Å². The number of fused-ring (bicyclic) bond motifs is 1. The molecule has 0 aliphatic heterocycles. The molecule has 0 N–H and O–H groups in total. The number of benzene rings is 1. The molecule has 2 heterocycles. The number of ether oxygens (including phenoxy) is 1. The Morgan fingerprint density at radius 2 is 2.09 bits per heavy atom. The molecule has 0 atom stereocenters. The van der Waals surface area contributed by atoms with Gasteiger partial charge < -0.3 is 9.30 Å². The molecule has 0 spiro atoms. The van der Waals surface area contributed by atoms with E-state index in [0.717, 1.165) is 10.9 Å². The highest BCUT2D eigenvalue weighted by Gasteiger charge is 2.14. The molecule has 7 nitrogen and oxygen atoms in total. The third kappa shape index (κ3) is 2.26. The fraction of sp³-hybridized carbons (Fsp3) is 0.200. The van der Waals surface area contributed by atoms with Crippen LogP contribution >= 0.6 is 0 Å². The Morgan fingerprint density at radius 1 is 1.32 bits per heavy atom. The lowest BCUT2D eigenvalue weighted by molar-refractivity contribution is 0.0519. The highest BCUT2D eigenvalue weighted by atomic mass is 16.5. The number of para-hydroxylation sites is 1. The zero-order valence-corrected chi connectivity index (χ0v) is 12.2. The number of aromatic nitrogens is 4. The maximum absolute atomic E-state index is 12.1. The third-order valence-corrected chi connectivity index (χ3v) is 3.36. The van der Waals surface area contributed by atoms with Crippen LogP contribution in [-0.2, 0) is 11.8 Å². The van der Waals surface area contributed by atoms with Crippen LogP contribution in [0.3, 0.4) is 0 Å². The summed E-state index contributed by atoms with van der Waals surface area (Å²) >= 11 is 0. The number of carbonyl (C=O) groups excluding carboxylic acids is 1. The molecule has 0 aliphatic carbocycles. The van der Waals surface area contributed by atoms with Crippen LogP contribution in [0.15, 0.2) is 41.3 Å². The van der Waals surface area contributed by atoms with E-state index in [1.54, 1.807) is 18.5 Å². The Hall–Kier alpha value is -2.96. The van der Waals surface area contributed by atoms with E-state index in [9.17, 15) is 9.59 Å². The summed E-state index contributed by atoms with van der Waals surface area (Å²) < 4.78 is 7.86. The van der Waals surface area contributed by atoms with Crippen LogP contribution in [-0.4, -0.2) is 32.1 Å². The predicted octanol–water partition coefficient (Wildman–Crippen LogP) is 1.30. The number of hydrogen-bond donors (Lipinski definition) is 0. The van der Waals surface area contributed by atoms with Crippen molar-refractivity contribution in [2.75, 3.05) is 6.61 Å². The summed E-state index contributed by atoms with van der Waals surface area (Å²) in [5.74, 6) is -0.540. The average molecular weight is 298 g/mol. The molecule has 1 aromatic carbocycles. The second kappa shape index (κ2) is 5.44. The molecule has 3 aromatic rings. The molecular weight excluding hydrogens is 284 g/mol. The highest BCUT2D eigenvalue weighted by Crippen LogP contribution is 2.19. The van der Waals surface area contributed by atoms with Crippen LogP contribution in [0.5, 0.6) is 0 Å². The van der Waals surface area contributed by atoms with E-state index < -0.39 is 5.97 Å². The number of hydrogen-bond acceptors (Lipinski definition) is 5. The SMILES string of the molecule is CCOC(=O)c1cn(-c2cc(=O)n(C)c3ccccc23)nn1. The largest absolute Gasteiger partial charge is 0.461 e. The molecule has 0 saturated carbocycles. The first-order valence-corrected chi connectivity index (χ1v) is 6.80. The van der Waals surface area contributed by atoms with E-state index in [-0.39, 0.29) is 17.9 Å². The molecule has 0 saturated heterocycles. The summed E-state index contributed by atoms with van der Waals surface area (Å²) in [4.78, 5) is 23.8. The lowest BCUT2D eigenvalue weighted by atomic mass is 10.2. The van der Waals surface area contributed by atoms with E-state index >= 15 is 0 Å². The van der Waals surface area contributed by atoms with Gasteiger partial charge in [0, 0.05) is 18.5 Å². The van der Waals surface area contributed by atoms with E-state index in [0.29, 0.717) is 5.69 Å². The molecule has 0 radical (unpaired) electrons. The smallest absolute Gasteiger partial charge is 0.360 e. The normalized spacial score (nSPS) is 10.8. The van der Waals surface area contributed by atoms with Gasteiger partial charge in [0.1, 0.15) is 0 Å². The molecule has 7 heteroatoms. The molecule has 0 fully saturated rings. The van der Waals surface area contributed by atoms with Gasteiger partial charge in [-0.15, -0.1) is 5.10 Å². The molecule has 22 heavy (non-hydrogen) atoms. The number of rotatable bonds is 3. The summed E-state index contributed by atoms with van der Waals surface area (Å²) in [5.41, 5.74) is 1.29. The Bertz CT molecular complexity index is 911. The topological polar surface area (TPSA) is 79.0 Å². The van der Waals surface area contributed by atoms with Crippen LogP contribution in [0.25, 0.3) is 16.6 Å². The van der Waals surface area contributed by atoms with Crippen LogP contribution in [0.4, 0.5) is 0 Å². The monoisotopic (exact) mass is 298 g/mol. The summed E-state index contributed by atoms with van der Waals surface area (Å²) in [6, 6.07) is 8.93. The van der Waals surface area contributed by atoms with Gasteiger partial charge in [-0.2, -0.15) is 0 Å². The molecule has 0 unspecified atom stereocenters. The van der Waals surface area contributed by atoms with Crippen molar-refractivity contribution in [3.63, 3.8) is 0 Å². The zero-order valence-electron chi connectivity index (χ0n) is 12.2. The third-order valence-electron chi connectivity index (χ3n) is 3.36. The first-order chi connectivity index (χ1) is 10.6. The number of carbonyl (C=O) groups is 1. The van der Waals surface area contributed by atoms with E-state index in [1.807, 2.05) is 24.3 Å². The van der Waals surface area contributed by atoms with Gasteiger partial charge in [0.25, 0.3) is 5.56 Å². The van der Waals surface area contributed by atoms with Crippen LogP contribution in [0.1, 0.15) is 17.4 Å². The average Bonchev–Trinajstić information content (AvgIpc) is 3.01. The van der Waals surface area contributed by atoms with Crippen LogP contribution < -0.4 is 5.56 Å². The Morgan fingerprint density at radius 3 is 2.86 bits per heavy atom. The minimum absolute atomic E-state index is 0.103. The number of nitrogens with zero attached hydrogens (tertiary/aromatic N) is 4. The van der Waals surface area contributed by atoms with Crippen molar-refractivity contribution >= 4 is 16.9 Å². The van der Waals surface area contributed by atoms with Gasteiger partial charge in [-0.25, -0.2) is 9.48 Å². The number of pyridine rings is 1. The first kappa shape index (κ1) is 14.0.